The molecule has 0 unspecified atom stereocenters. The lowest BCUT2D eigenvalue weighted by atomic mass is 9.90. The molecule has 2 heterocycles. The van der Waals surface area contributed by atoms with Gasteiger partial charge in [0.25, 0.3) is 0 Å². The predicted molar refractivity (Wildman–Crippen MR) is 88.4 cm³/mol. The Kier molecular flexibility index (Phi) is 4.84. The molecule has 2 rings (SSSR count). The van der Waals surface area contributed by atoms with E-state index in [9.17, 15) is 14.4 Å². The van der Waals surface area contributed by atoms with Crippen LogP contribution in [0.15, 0.2) is 0 Å². The molecule has 2 saturated heterocycles. The maximum Gasteiger partial charge on any atom is 0.342 e. The summed E-state index contributed by atoms with van der Waals surface area (Å²) in [5.41, 5.74) is 0. The topological polar surface area (TPSA) is 82.1 Å². The molecule has 0 N–H and O–H groups in total. The Hall–Kier alpha value is -1.41. The summed E-state index contributed by atoms with van der Waals surface area (Å²) in [7, 11) is -2.06. The van der Waals surface area contributed by atoms with Crippen molar-refractivity contribution in [2.24, 2.45) is 5.92 Å². The van der Waals surface area contributed by atoms with E-state index < -0.39 is 38.4 Å². The predicted octanol–water partition coefficient (Wildman–Crippen LogP) is 1.67. The van der Waals surface area contributed by atoms with Crippen molar-refractivity contribution in [1.82, 2.24) is 4.90 Å². The molecule has 0 spiro atoms. The zero-order valence-corrected chi connectivity index (χ0v) is 16.4. The van der Waals surface area contributed by atoms with E-state index in [2.05, 4.69) is 33.9 Å². The second-order valence-electron chi connectivity index (χ2n) is 7.84. The molecule has 0 bridgehead atoms. The number of amides is 1. The molecule has 2 aliphatic rings. The maximum atomic E-state index is 12.5. The molecule has 0 saturated carbocycles. The van der Waals surface area contributed by atoms with Gasteiger partial charge in [-0.2, -0.15) is 0 Å². The number of rotatable bonds is 5. The Morgan fingerprint density at radius 3 is 2.42 bits per heavy atom. The number of nitrogens with zero attached hydrogens (tertiary/aromatic N) is 1. The highest BCUT2D eigenvalue weighted by atomic mass is 28.4. The SMILES string of the molecule is CCOC(=O)[C@H]1C(=O)O[C@@H]2[C@@H]([C@@H](C)O[Si](C)(C)C(C)(C)C)C(=O)N12. The molecule has 0 aromatic heterocycles. The van der Waals surface area contributed by atoms with Gasteiger partial charge in [-0.25, -0.2) is 9.59 Å². The lowest BCUT2D eigenvalue weighted by Crippen LogP contribution is -2.66. The Balaban J connectivity index is 2.10. The highest BCUT2D eigenvalue weighted by Crippen LogP contribution is 2.43. The molecular formula is C16H27NO6Si. The largest absolute Gasteiger partial charge is 0.464 e. The Morgan fingerprint density at radius 2 is 1.92 bits per heavy atom. The number of hydrogen-bond donors (Lipinski definition) is 0. The van der Waals surface area contributed by atoms with Gasteiger partial charge in [-0.15, -0.1) is 0 Å². The highest BCUT2D eigenvalue weighted by molar-refractivity contribution is 6.74. The zero-order valence-electron chi connectivity index (χ0n) is 15.4. The van der Waals surface area contributed by atoms with Crippen LogP contribution in [-0.4, -0.2) is 56.0 Å². The van der Waals surface area contributed by atoms with Crippen molar-refractivity contribution in [3.05, 3.63) is 0 Å². The van der Waals surface area contributed by atoms with Crippen LogP contribution in [0.5, 0.6) is 0 Å². The van der Waals surface area contributed by atoms with Crippen LogP contribution in [0.1, 0.15) is 34.6 Å². The maximum absolute atomic E-state index is 12.5. The summed E-state index contributed by atoms with van der Waals surface area (Å²) in [6.45, 7) is 14.2. The Labute approximate surface area is 143 Å². The number of hydrogen-bond acceptors (Lipinski definition) is 6. The number of carbonyl (C=O) groups excluding carboxylic acids is 3. The summed E-state index contributed by atoms with van der Waals surface area (Å²) < 4.78 is 16.4. The molecule has 1 amide bonds. The molecule has 136 valence electrons. The van der Waals surface area contributed by atoms with Gasteiger partial charge in [-0.1, -0.05) is 20.8 Å². The third-order valence-corrected chi connectivity index (χ3v) is 9.74. The first-order valence-electron chi connectivity index (χ1n) is 8.29. The molecule has 0 aromatic carbocycles. The van der Waals surface area contributed by atoms with Gasteiger partial charge in [0, 0.05) is 0 Å². The van der Waals surface area contributed by atoms with Crippen molar-refractivity contribution in [3.8, 4) is 0 Å². The highest BCUT2D eigenvalue weighted by Gasteiger charge is 2.64. The Morgan fingerprint density at radius 1 is 1.33 bits per heavy atom. The van der Waals surface area contributed by atoms with Crippen molar-refractivity contribution in [2.45, 2.75) is 71.1 Å². The van der Waals surface area contributed by atoms with Gasteiger partial charge in [-0.3, -0.25) is 9.69 Å². The van der Waals surface area contributed by atoms with Crippen LogP contribution in [0.3, 0.4) is 0 Å². The van der Waals surface area contributed by atoms with Crippen LogP contribution in [-0.2, 0) is 28.3 Å². The molecule has 2 aliphatic heterocycles. The van der Waals surface area contributed by atoms with Gasteiger partial charge in [0.1, 0.15) is 5.92 Å². The Bertz CT molecular complexity index is 555. The van der Waals surface area contributed by atoms with Crippen LogP contribution in [0.4, 0.5) is 0 Å². The first-order valence-corrected chi connectivity index (χ1v) is 11.2. The van der Waals surface area contributed by atoms with E-state index in [0.717, 1.165) is 0 Å². The molecule has 4 atom stereocenters. The van der Waals surface area contributed by atoms with Crippen LogP contribution in [0, 0.1) is 5.92 Å². The van der Waals surface area contributed by atoms with Crippen molar-refractivity contribution in [3.63, 3.8) is 0 Å². The molecule has 8 heteroatoms. The fraction of sp³-hybridized carbons (Fsp3) is 0.812. The summed E-state index contributed by atoms with van der Waals surface area (Å²) in [5.74, 6) is -2.33. The van der Waals surface area contributed by atoms with E-state index in [0.29, 0.717) is 0 Å². The number of esters is 2. The first kappa shape index (κ1) is 18.9. The number of ether oxygens (including phenoxy) is 2. The molecule has 0 aromatic rings. The normalized spacial score (nSPS) is 28.1. The molecule has 0 aliphatic carbocycles. The van der Waals surface area contributed by atoms with E-state index in [1.165, 1.54) is 4.90 Å². The minimum atomic E-state index is -2.06. The fourth-order valence-corrected chi connectivity index (χ4v) is 4.22. The van der Waals surface area contributed by atoms with Gasteiger partial charge in [0.05, 0.1) is 12.7 Å². The van der Waals surface area contributed by atoms with Crippen LogP contribution >= 0.6 is 0 Å². The summed E-state index contributed by atoms with van der Waals surface area (Å²) in [6, 6.07) is -1.28. The quantitative estimate of drug-likeness (QED) is 0.322. The molecular weight excluding hydrogens is 330 g/mol. The van der Waals surface area contributed by atoms with E-state index in [4.69, 9.17) is 13.9 Å². The van der Waals surface area contributed by atoms with Crippen molar-refractivity contribution in [2.75, 3.05) is 6.61 Å². The van der Waals surface area contributed by atoms with Crippen LogP contribution in [0.25, 0.3) is 0 Å². The van der Waals surface area contributed by atoms with Gasteiger partial charge in [0.15, 0.2) is 14.5 Å². The summed E-state index contributed by atoms with van der Waals surface area (Å²) in [4.78, 5) is 37.5. The second-order valence-corrected chi connectivity index (χ2v) is 12.6. The standard InChI is InChI=1S/C16H27NO6Si/c1-8-21-14(19)11-15(20)22-13-10(12(18)17(11)13)9(2)23-24(6,7)16(3,4)5/h9-11,13H,8H2,1-7H3/t9-,10+,11+,13-/m1/s1. The average molecular weight is 357 g/mol. The van der Waals surface area contributed by atoms with E-state index in [-0.39, 0.29) is 23.7 Å². The summed E-state index contributed by atoms with van der Waals surface area (Å²) in [5, 5.41) is 0.00750. The zero-order chi connectivity index (χ0) is 18.4. The van der Waals surface area contributed by atoms with Gasteiger partial charge >= 0.3 is 11.9 Å². The lowest BCUT2D eigenvalue weighted by Gasteiger charge is -2.47. The lowest BCUT2D eigenvalue weighted by molar-refractivity contribution is -0.186. The molecule has 2 fully saturated rings. The number of carbonyl (C=O) groups is 3. The van der Waals surface area contributed by atoms with Crippen molar-refractivity contribution < 1.29 is 28.3 Å². The second kappa shape index (κ2) is 6.14. The van der Waals surface area contributed by atoms with E-state index >= 15 is 0 Å². The molecule has 0 radical (unpaired) electrons. The van der Waals surface area contributed by atoms with Gasteiger partial charge in [0.2, 0.25) is 11.9 Å². The van der Waals surface area contributed by atoms with Crippen molar-refractivity contribution in [1.29, 1.82) is 0 Å². The third-order valence-electron chi connectivity index (χ3n) is 5.16. The fourth-order valence-electron chi connectivity index (χ4n) is 2.79. The summed E-state index contributed by atoms with van der Waals surface area (Å²) >= 11 is 0. The smallest absolute Gasteiger partial charge is 0.342 e. The minimum absolute atomic E-state index is 0.00750. The van der Waals surface area contributed by atoms with Crippen LogP contribution in [0.2, 0.25) is 18.1 Å². The third kappa shape index (κ3) is 2.97. The average Bonchev–Trinajstić information content (AvgIpc) is 2.70. The molecule has 7 nitrogen and oxygen atoms in total. The first-order chi connectivity index (χ1) is 10.9. The minimum Gasteiger partial charge on any atom is -0.464 e. The van der Waals surface area contributed by atoms with Gasteiger partial charge in [-0.05, 0) is 32.0 Å². The van der Waals surface area contributed by atoms with Crippen molar-refractivity contribution >= 4 is 26.2 Å². The monoisotopic (exact) mass is 357 g/mol. The van der Waals surface area contributed by atoms with E-state index in [1.54, 1.807) is 6.92 Å². The number of fused-ring (bicyclic) bond motifs is 1. The van der Waals surface area contributed by atoms with Crippen LogP contribution < -0.4 is 0 Å². The summed E-state index contributed by atoms with van der Waals surface area (Å²) in [6.07, 6.45) is -1.12. The van der Waals surface area contributed by atoms with Gasteiger partial charge < -0.3 is 13.9 Å². The number of β-lactam (4-membered cyclic amide) rings is 1. The molecule has 24 heavy (non-hydrogen) atoms. The van der Waals surface area contributed by atoms with E-state index in [1.807, 2.05) is 6.92 Å².